The Bertz CT molecular complexity index is 497. The average Bonchev–Trinajstić information content (AvgIpc) is 2.23. The van der Waals surface area contributed by atoms with E-state index in [0.29, 0.717) is 24.2 Å². The summed E-state index contributed by atoms with van der Waals surface area (Å²) in [5.74, 6) is -0.214. The second-order valence-electron chi connectivity index (χ2n) is 3.83. The predicted octanol–water partition coefficient (Wildman–Crippen LogP) is 0.433. The summed E-state index contributed by atoms with van der Waals surface area (Å²) in [6, 6.07) is 6.74. The number of hydrogen-bond acceptors (Lipinski definition) is 4. The van der Waals surface area contributed by atoms with Crippen molar-refractivity contribution >= 4 is 21.4 Å². The summed E-state index contributed by atoms with van der Waals surface area (Å²) < 4.78 is 21.7. The third-order valence-electron chi connectivity index (χ3n) is 2.18. The molecule has 1 aromatic rings. The highest BCUT2D eigenvalue weighted by Crippen LogP contribution is 2.09. The molecule has 0 aromatic heterocycles. The van der Waals surface area contributed by atoms with Crippen LogP contribution in [0.3, 0.4) is 0 Å². The smallest absolute Gasteiger partial charge is 0.253 e. The van der Waals surface area contributed by atoms with Crippen LogP contribution < -0.4 is 11.1 Å². The standard InChI is InChI=1S/C11H16N2O3S/c1-17(15,16)8-4-7-13-11(14)9-5-2-3-6-10(9)12/h2-3,5-6H,4,7-8,12H2,1H3,(H,13,14). The van der Waals surface area contributed by atoms with Crippen LogP contribution in [-0.2, 0) is 9.84 Å². The zero-order valence-electron chi connectivity index (χ0n) is 9.64. The fraction of sp³-hybridized carbons (Fsp3) is 0.364. The maximum Gasteiger partial charge on any atom is 0.253 e. The van der Waals surface area contributed by atoms with Crippen LogP contribution in [0.15, 0.2) is 24.3 Å². The zero-order chi connectivity index (χ0) is 12.9. The lowest BCUT2D eigenvalue weighted by atomic mass is 10.1. The number of amides is 1. The number of sulfone groups is 1. The summed E-state index contributed by atoms with van der Waals surface area (Å²) in [5, 5.41) is 2.63. The molecule has 0 saturated carbocycles. The quantitative estimate of drug-likeness (QED) is 0.590. The molecule has 0 atom stereocenters. The Morgan fingerprint density at radius 2 is 2.00 bits per heavy atom. The van der Waals surface area contributed by atoms with Gasteiger partial charge in [-0.05, 0) is 18.6 Å². The first kappa shape index (κ1) is 13.5. The molecule has 0 heterocycles. The van der Waals surface area contributed by atoms with E-state index in [4.69, 9.17) is 5.73 Å². The largest absolute Gasteiger partial charge is 0.398 e. The molecule has 5 nitrogen and oxygen atoms in total. The number of nitrogens with two attached hydrogens (primary N) is 1. The van der Waals surface area contributed by atoms with Gasteiger partial charge in [0.05, 0.1) is 11.3 Å². The number of rotatable bonds is 5. The molecule has 17 heavy (non-hydrogen) atoms. The highest BCUT2D eigenvalue weighted by molar-refractivity contribution is 7.90. The molecule has 0 aliphatic heterocycles. The van der Waals surface area contributed by atoms with Crippen LogP contribution in [0, 0.1) is 0 Å². The molecule has 0 unspecified atom stereocenters. The minimum atomic E-state index is -2.97. The molecule has 1 aromatic carbocycles. The van der Waals surface area contributed by atoms with E-state index in [2.05, 4.69) is 5.32 Å². The first-order valence-electron chi connectivity index (χ1n) is 5.20. The van der Waals surface area contributed by atoms with Crippen molar-refractivity contribution in [1.29, 1.82) is 0 Å². The van der Waals surface area contributed by atoms with Gasteiger partial charge in [-0.25, -0.2) is 8.42 Å². The Kier molecular flexibility index (Phi) is 4.51. The fourth-order valence-electron chi connectivity index (χ4n) is 1.34. The number of carbonyl (C=O) groups excluding carboxylic acids is 1. The zero-order valence-corrected chi connectivity index (χ0v) is 10.5. The SMILES string of the molecule is CS(=O)(=O)CCCNC(=O)c1ccccc1N. The molecule has 0 aliphatic rings. The minimum Gasteiger partial charge on any atom is -0.398 e. The van der Waals surface area contributed by atoms with Crippen molar-refractivity contribution in [3.63, 3.8) is 0 Å². The predicted molar refractivity (Wildman–Crippen MR) is 67.5 cm³/mol. The topological polar surface area (TPSA) is 89.3 Å². The van der Waals surface area contributed by atoms with Crippen LogP contribution in [0.1, 0.15) is 16.8 Å². The van der Waals surface area contributed by atoms with Gasteiger partial charge < -0.3 is 11.1 Å². The lowest BCUT2D eigenvalue weighted by Crippen LogP contribution is -2.26. The second kappa shape index (κ2) is 5.67. The Morgan fingerprint density at radius 3 is 2.59 bits per heavy atom. The molecule has 0 bridgehead atoms. The lowest BCUT2D eigenvalue weighted by Gasteiger charge is -2.06. The second-order valence-corrected chi connectivity index (χ2v) is 6.09. The minimum absolute atomic E-state index is 0.0670. The van der Waals surface area contributed by atoms with Crippen molar-refractivity contribution in [2.24, 2.45) is 0 Å². The molecule has 1 rings (SSSR count). The Balaban J connectivity index is 2.44. The van der Waals surface area contributed by atoms with E-state index in [1.807, 2.05) is 0 Å². The molecule has 0 aliphatic carbocycles. The lowest BCUT2D eigenvalue weighted by molar-refractivity contribution is 0.0954. The maximum atomic E-state index is 11.6. The van der Waals surface area contributed by atoms with Gasteiger partial charge in [0.2, 0.25) is 0 Å². The van der Waals surface area contributed by atoms with E-state index < -0.39 is 9.84 Å². The van der Waals surface area contributed by atoms with Crippen LogP contribution in [0.2, 0.25) is 0 Å². The van der Waals surface area contributed by atoms with Crippen molar-refractivity contribution in [3.05, 3.63) is 29.8 Å². The Hall–Kier alpha value is -1.56. The number of benzene rings is 1. The molecule has 0 fully saturated rings. The van der Waals surface area contributed by atoms with Gasteiger partial charge in [-0.15, -0.1) is 0 Å². The monoisotopic (exact) mass is 256 g/mol. The van der Waals surface area contributed by atoms with E-state index in [1.54, 1.807) is 24.3 Å². The molecular formula is C11H16N2O3S. The van der Waals surface area contributed by atoms with Crippen molar-refractivity contribution in [2.45, 2.75) is 6.42 Å². The van der Waals surface area contributed by atoms with Gasteiger partial charge >= 0.3 is 0 Å². The number of nitrogens with one attached hydrogen (secondary N) is 1. The van der Waals surface area contributed by atoms with Gasteiger partial charge in [0, 0.05) is 18.5 Å². The van der Waals surface area contributed by atoms with E-state index in [1.165, 1.54) is 6.26 Å². The third-order valence-corrected chi connectivity index (χ3v) is 3.21. The summed E-state index contributed by atoms with van der Waals surface area (Å²) in [6.45, 7) is 0.320. The van der Waals surface area contributed by atoms with Gasteiger partial charge in [0.15, 0.2) is 0 Å². The molecule has 0 saturated heterocycles. The number of hydrogen-bond donors (Lipinski definition) is 2. The van der Waals surface area contributed by atoms with Crippen LogP contribution >= 0.6 is 0 Å². The van der Waals surface area contributed by atoms with Crippen LogP contribution in [0.4, 0.5) is 5.69 Å². The molecular weight excluding hydrogens is 240 g/mol. The number of para-hydroxylation sites is 1. The van der Waals surface area contributed by atoms with E-state index in [0.717, 1.165) is 0 Å². The molecule has 0 spiro atoms. The van der Waals surface area contributed by atoms with Crippen LogP contribution in [0.25, 0.3) is 0 Å². The van der Waals surface area contributed by atoms with Crippen molar-refractivity contribution in [3.8, 4) is 0 Å². The summed E-state index contributed by atoms with van der Waals surface area (Å²) in [5.41, 5.74) is 6.46. The van der Waals surface area contributed by atoms with Gasteiger partial charge in [-0.3, -0.25) is 4.79 Å². The highest BCUT2D eigenvalue weighted by Gasteiger charge is 2.08. The van der Waals surface area contributed by atoms with Gasteiger partial charge in [-0.1, -0.05) is 12.1 Å². The fourth-order valence-corrected chi connectivity index (χ4v) is 2.00. The first-order chi connectivity index (χ1) is 7.90. The van der Waals surface area contributed by atoms with Gasteiger partial charge in [-0.2, -0.15) is 0 Å². The van der Waals surface area contributed by atoms with Gasteiger partial charge in [0.1, 0.15) is 9.84 Å². The van der Waals surface area contributed by atoms with Gasteiger partial charge in [0.25, 0.3) is 5.91 Å². The summed E-state index contributed by atoms with van der Waals surface area (Å²) >= 11 is 0. The van der Waals surface area contributed by atoms with Crippen LogP contribution in [0.5, 0.6) is 0 Å². The molecule has 1 amide bonds. The normalized spacial score (nSPS) is 11.1. The summed E-state index contributed by atoms with van der Waals surface area (Å²) in [7, 11) is -2.97. The molecule has 0 radical (unpaired) electrons. The first-order valence-corrected chi connectivity index (χ1v) is 7.26. The Morgan fingerprint density at radius 1 is 1.35 bits per heavy atom. The number of nitrogen functional groups attached to an aromatic ring is 1. The third kappa shape index (κ3) is 4.86. The van der Waals surface area contributed by atoms with E-state index >= 15 is 0 Å². The maximum absolute atomic E-state index is 11.6. The summed E-state index contributed by atoms with van der Waals surface area (Å²) in [6.07, 6.45) is 1.57. The van der Waals surface area contributed by atoms with E-state index in [-0.39, 0.29) is 11.7 Å². The number of carbonyl (C=O) groups is 1. The van der Waals surface area contributed by atoms with Crippen molar-refractivity contribution in [1.82, 2.24) is 5.32 Å². The molecule has 3 N–H and O–H groups in total. The number of anilines is 1. The van der Waals surface area contributed by atoms with Crippen molar-refractivity contribution in [2.75, 3.05) is 24.3 Å². The summed E-state index contributed by atoms with van der Waals surface area (Å²) in [4.78, 5) is 11.6. The van der Waals surface area contributed by atoms with E-state index in [9.17, 15) is 13.2 Å². The molecule has 6 heteroatoms. The highest BCUT2D eigenvalue weighted by atomic mass is 32.2. The molecule has 94 valence electrons. The average molecular weight is 256 g/mol. The van der Waals surface area contributed by atoms with Crippen molar-refractivity contribution < 1.29 is 13.2 Å². The van der Waals surface area contributed by atoms with Crippen LogP contribution in [-0.4, -0.2) is 32.9 Å². The Labute approximate surface area is 101 Å².